The molecule has 39 heavy (non-hydrogen) atoms. The van der Waals surface area contributed by atoms with Gasteiger partial charge in [0.1, 0.15) is 5.75 Å². The maximum atomic E-state index is 11.6. The highest BCUT2D eigenvalue weighted by atomic mass is 32.1. The molecule has 0 aliphatic rings. The zero-order valence-corrected chi connectivity index (χ0v) is 20.8. The van der Waals surface area contributed by atoms with Crippen molar-refractivity contribution >= 4 is 70.0 Å². The maximum Gasteiger partial charge on any atom is 0.202 e. The summed E-state index contributed by atoms with van der Waals surface area (Å²) in [6.07, 6.45) is 0.791. The highest BCUT2D eigenvalue weighted by Crippen LogP contribution is 2.58. The van der Waals surface area contributed by atoms with Crippen molar-refractivity contribution in [3.8, 4) is 45.6 Å². The largest absolute Gasteiger partial charge is 0.506 e. The zero-order valence-electron chi connectivity index (χ0n) is 20.0. The number of rotatable bonds is 2. The molecule has 0 bridgehead atoms. The highest BCUT2D eigenvalue weighted by Gasteiger charge is 2.29. The summed E-state index contributed by atoms with van der Waals surface area (Å²) in [4.78, 5) is 0. The van der Waals surface area contributed by atoms with E-state index >= 15 is 0 Å². The number of benzene rings is 6. The fourth-order valence-electron chi connectivity index (χ4n) is 5.65. The van der Waals surface area contributed by atoms with Gasteiger partial charge in [0.15, 0.2) is 23.0 Å². The van der Waals surface area contributed by atoms with Crippen molar-refractivity contribution in [1.82, 2.24) is 0 Å². The molecule has 7 rings (SSSR count). The Kier molecular flexibility index (Phi) is 4.64. The van der Waals surface area contributed by atoms with Crippen molar-refractivity contribution in [2.24, 2.45) is 0 Å². The Morgan fingerprint density at radius 3 is 1.62 bits per heavy atom. The number of fused-ring (bicyclic) bond motifs is 9. The van der Waals surface area contributed by atoms with Crippen LogP contribution >= 0.6 is 11.3 Å². The van der Waals surface area contributed by atoms with Crippen LogP contribution in [0.2, 0.25) is 0 Å². The lowest BCUT2D eigenvalue weighted by atomic mass is 9.91. The third-order valence-electron chi connectivity index (χ3n) is 7.42. The monoisotopic (exact) mass is 533 g/mol. The van der Waals surface area contributed by atoms with Gasteiger partial charge >= 0.3 is 0 Å². The number of hydrogen-bond donors (Lipinski definition) is 7. The van der Waals surface area contributed by atoms with Crippen LogP contribution in [0.25, 0.3) is 63.6 Å². The smallest absolute Gasteiger partial charge is 0.202 e. The number of phenols is 6. The first-order valence-electron chi connectivity index (χ1n) is 12.0. The quantitative estimate of drug-likeness (QED) is 0.0533. The van der Waals surface area contributed by atoms with E-state index in [4.69, 9.17) is 5.41 Å². The van der Waals surface area contributed by atoms with Gasteiger partial charge in [-0.1, -0.05) is 60.7 Å². The van der Waals surface area contributed by atoms with Crippen LogP contribution in [-0.2, 0) is 0 Å². The Bertz CT molecular complexity index is 2180. The molecule has 7 nitrogen and oxygen atoms in total. The summed E-state index contributed by atoms with van der Waals surface area (Å²) < 4.78 is 0.0707. The van der Waals surface area contributed by atoms with E-state index in [0.717, 1.165) is 49.9 Å². The molecule has 1 heterocycles. The topological polar surface area (TPSA) is 145 Å². The van der Waals surface area contributed by atoms with Crippen LogP contribution in [0.3, 0.4) is 0 Å². The molecule has 8 heteroatoms. The summed E-state index contributed by atoms with van der Waals surface area (Å²) in [7, 11) is 0. The predicted octanol–water partition coefficient (Wildman–Crippen LogP) is 7.41. The standard InChI is InChI=1S/C31H19NO6S/c32-12-20-22-23-25(34)21(26(35)28(37)31(23)39-30(22)29(38)27(36)24(20)33)13-9-10-18-16-7-2-1-5-14(16)15-6-3-4-8-17(15)19(18)11-13/h1-12,32-38H. The zero-order chi connectivity index (χ0) is 27.2. The number of phenolic OH excluding ortho intramolecular Hbond substituents is 6. The van der Waals surface area contributed by atoms with Crippen molar-refractivity contribution < 1.29 is 30.6 Å². The third kappa shape index (κ3) is 2.89. The second-order valence-electron chi connectivity index (χ2n) is 9.39. The Morgan fingerprint density at radius 2 is 1.03 bits per heavy atom. The molecule has 0 saturated heterocycles. The molecule has 0 atom stereocenters. The highest BCUT2D eigenvalue weighted by molar-refractivity contribution is 7.26. The molecule has 0 saturated carbocycles. The minimum Gasteiger partial charge on any atom is -0.506 e. The minimum absolute atomic E-state index is 0.0318. The van der Waals surface area contributed by atoms with Crippen LogP contribution in [0.4, 0.5) is 0 Å². The molecule has 0 unspecified atom stereocenters. The van der Waals surface area contributed by atoms with Crippen molar-refractivity contribution in [2.45, 2.75) is 0 Å². The van der Waals surface area contributed by atoms with E-state index in [2.05, 4.69) is 6.07 Å². The van der Waals surface area contributed by atoms with E-state index in [1.165, 1.54) is 0 Å². The average molecular weight is 534 g/mol. The van der Waals surface area contributed by atoms with Crippen molar-refractivity contribution in [2.75, 3.05) is 0 Å². The molecule has 7 N–H and O–H groups in total. The van der Waals surface area contributed by atoms with E-state index in [1.807, 2.05) is 54.6 Å². The third-order valence-corrected chi connectivity index (χ3v) is 8.63. The molecular formula is C31H19NO6S. The van der Waals surface area contributed by atoms with Crippen LogP contribution < -0.4 is 0 Å². The van der Waals surface area contributed by atoms with E-state index in [-0.39, 0.29) is 31.3 Å². The van der Waals surface area contributed by atoms with Crippen LogP contribution in [0.1, 0.15) is 5.56 Å². The SMILES string of the molecule is N=Cc1c(O)c(O)c(O)c2sc3c(O)c(O)c(-c4ccc5c6ccccc6c6ccccc6c5c4)c(O)c3c12. The van der Waals surface area contributed by atoms with Gasteiger partial charge in [-0.05, 0) is 43.9 Å². The van der Waals surface area contributed by atoms with E-state index in [1.54, 1.807) is 6.07 Å². The van der Waals surface area contributed by atoms with Gasteiger partial charge in [-0.3, -0.25) is 0 Å². The summed E-state index contributed by atoms with van der Waals surface area (Å²) in [5.74, 6) is -3.68. The normalized spacial score (nSPS) is 11.8. The Hall–Kier alpha value is -5.21. The molecule has 1 aromatic heterocycles. The number of nitrogens with one attached hydrogen (secondary N) is 1. The molecule has 190 valence electrons. The lowest BCUT2D eigenvalue weighted by molar-refractivity contribution is 0.371. The molecule has 0 fully saturated rings. The molecule has 0 aliphatic carbocycles. The first-order chi connectivity index (χ1) is 18.8. The lowest BCUT2D eigenvalue weighted by Crippen LogP contribution is -1.88. The summed E-state index contributed by atoms with van der Waals surface area (Å²) >= 11 is 0.811. The van der Waals surface area contributed by atoms with Gasteiger partial charge in [-0.2, -0.15) is 0 Å². The van der Waals surface area contributed by atoms with Gasteiger partial charge in [0.2, 0.25) is 5.75 Å². The Balaban J connectivity index is 1.63. The molecule has 0 amide bonds. The summed E-state index contributed by atoms with van der Waals surface area (Å²) in [5.41, 5.74) is 0.244. The maximum absolute atomic E-state index is 11.6. The van der Waals surface area contributed by atoms with Gasteiger partial charge < -0.3 is 36.0 Å². The fraction of sp³-hybridized carbons (Fsp3) is 0. The van der Waals surface area contributed by atoms with Gasteiger partial charge in [0.05, 0.1) is 15.0 Å². The van der Waals surface area contributed by atoms with Crippen LogP contribution in [0.5, 0.6) is 34.5 Å². The fourth-order valence-corrected chi connectivity index (χ4v) is 6.86. The molecule has 0 spiro atoms. The molecule has 7 aromatic rings. The van der Waals surface area contributed by atoms with Gasteiger partial charge in [-0.15, -0.1) is 11.3 Å². The molecule has 6 aromatic carbocycles. The molecule has 0 aliphatic heterocycles. The summed E-state index contributed by atoms with van der Waals surface area (Å²) in [6.45, 7) is 0. The van der Waals surface area contributed by atoms with E-state index in [0.29, 0.717) is 5.56 Å². The van der Waals surface area contributed by atoms with Gasteiger partial charge in [-0.25, -0.2) is 0 Å². The first-order valence-corrected chi connectivity index (χ1v) is 12.8. The predicted molar refractivity (Wildman–Crippen MR) is 155 cm³/mol. The van der Waals surface area contributed by atoms with Gasteiger partial charge in [0.25, 0.3) is 0 Å². The van der Waals surface area contributed by atoms with Crippen LogP contribution in [0.15, 0.2) is 66.7 Å². The van der Waals surface area contributed by atoms with E-state index in [9.17, 15) is 30.6 Å². The minimum atomic E-state index is -0.815. The second-order valence-corrected chi connectivity index (χ2v) is 10.4. The summed E-state index contributed by atoms with van der Waals surface area (Å²) in [5, 5.41) is 78.7. The number of hydrogen-bond acceptors (Lipinski definition) is 8. The first kappa shape index (κ1) is 22.9. The lowest BCUT2D eigenvalue weighted by Gasteiger charge is -2.15. The molecular weight excluding hydrogens is 514 g/mol. The average Bonchev–Trinajstić information content (AvgIpc) is 3.36. The number of aromatic hydroxyl groups is 6. The number of thiophene rings is 1. The van der Waals surface area contributed by atoms with Crippen molar-refractivity contribution in [3.05, 3.63) is 72.3 Å². The second kappa shape index (κ2) is 7.89. The summed E-state index contributed by atoms with van der Waals surface area (Å²) in [6, 6.07) is 21.5. The van der Waals surface area contributed by atoms with Crippen LogP contribution in [0, 0.1) is 5.41 Å². The van der Waals surface area contributed by atoms with Crippen LogP contribution in [-0.4, -0.2) is 36.9 Å². The van der Waals surface area contributed by atoms with Gasteiger partial charge in [0, 0.05) is 22.6 Å². The Morgan fingerprint density at radius 1 is 0.513 bits per heavy atom. The van der Waals surface area contributed by atoms with E-state index < -0.39 is 34.5 Å². The molecule has 0 radical (unpaired) electrons. The van der Waals surface area contributed by atoms with Crippen molar-refractivity contribution in [1.29, 1.82) is 5.41 Å². The van der Waals surface area contributed by atoms with Crippen molar-refractivity contribution in [3.63, 3.8) is 0 Å². The Labute approximate surface area is 223 Å².